The first kappa shape index (κ1) is 34.9. The lowest BCUT2D eigenvalue weighted by molar-refractivity contribution is -0.331. The summed E-state index contributed by atoms with van der Waals surface area (Å²) in [6, 6.07) is 0. The molecule has 3 heterocycles. The van der Waals surface area contributed by atoms with Crippen LogP contribution in [0.4, 0.5) is 0 Å². The summed E-state index contributed by atoms with van der Waals surface area (Å²) in [4.78, 5) is 13.7. The predicted molar refractivity (Wildman–Crippen MR) is 157 cm³/mol. The van der Waals surface area contributed by atoms with Crippen molar-refractivity contribution in [1.29, 1.82) is 0 Å². The summed E-state index contributed by atoms with van der Waals surface area (Å²) in [5, 5.41) is 93.2. The molecule has 2 aliphatic carbocycles. The summed E-state index contributed by atoms with van der Waals surface area (Å²) >= 11 is 0. The Morgan fingerprint density at radius 2 is 1.40 bits per heavy atom. The van der Waals surface area contributed by atoms with Gasteiger partial charge < -0.3 is 69.6 Å². The fourth-order valence-electron chi connectivity index (χ4n) is 8.82. The van der Waals surface area contributed by atoms with E-state index in [1.54, 1.807) is 0 Å². The van der Waals surface area contributed by atoms with Crippen molar-refractivity contribution in [2.45, 2.75) is 133 Å². The van der Waals surface area contributed by atoms with Crippen LogP contribution in [0.2, 0.25) is 0 Å². The molecular formula is C32H46O15. The third-order valence-corrected chi connectivity index (χ3v) is 11.2. The highest BCUT2D eigenvalue weighted by Crippen LogP contribution is 2.61. The first-order valence-electron chi connectivity index (χ1n) is 16.2. The summed E-state index contributed by atoms with van der Waals surface area (Å²) < 4.78 is 29.2. The van der Waals surface area contributed by atoms with Crippen LogP contribution in [0.3, 0.4) is 0 Å². The number of aliphatic hydroxyl groups is 9. The fourth-order valence-corrected chi connectivity index (χ4v) is 8.82. The maximum atomic E-state index is 13.7. The lowest BCUT2D eigenvalue weighted by Crippen LogP contribution is -2.60. The van der Waals surface area contributed by atoms with Gasteiger partial charge in [-0.2, -0.15) is 0 Å². The minimum Gasteiger partial charge on any atom is -0.461 e. The zero-order valence-corrected chi connectivity index (χ0v) is 26.6. The molecule has 6 rings (SSSR count). The Labute approximate surface area is 271 Å². The Morgan fingerprint density at radius 1 is 0.809 bits per heavy atom. The third-order valence-electron chi connectivity index (χ3n) is 11.2. The van der Waals surface area contributed by atoms with Gasteiger partial charge in [-0.3, -0.25) is 0 Å². The molecule has 3 aliphatic heterocycles. The van der Waals surface area contributed by atoms with Crippen LogP contribution in [0, 0.1) is 11.3 Å². The Hall–Kier alpha value is -1.99. The van der Waals surface area contributed by atoms with Crippen LogP contribution < -0.4 is 4.74 Å². The van der Waals surface area contributed by atoms with Gasteiger partial charge in [-0.1, -0.05) is 27.2 Å². The minimum atomic E-state index is -1.77. The van der Waals surface area contributed by atoms with Crippen LogP contribution in [0.25, 0.3) is 0 Å². The predicted octanol–water partition coefficient (Wildman–Crippen LogP) is -1.63. The molecule has 13 unspecified atom stereocenters. The maximum Gasteiger partial charge on any atom is 0.341 e. The molecule has 0 amide bonds. The Kier molecular flexibility index (Phi) is 9.43. The van der Waals surface area contributed by atoms with E-state index >= 15 is 0 Å². The number of hydrogen-bond acceptors (Lipinski definition) is 15. The molecule has 0 aromatic heterocycles. The van der Waals surface area contributed by atoms with Gasteiger partial charge in [-0.25, -0.2) is 4.79 Å². The molecule has 47 heavy (non-hydrogen) atoms. The van der Waals surface area contributed by atoms with E-state index < -0.39 is 98.9 Å². The van der Waals surface area contributed by atoms with Crippen LogP contribution in [-0.2, 0) is 37.4 Å². The van der Waals surface area contributed by atoms with Crippen molar-refractivity contribution in [3.05, 3.63) is 27.8 Å². The van der Waals surface area contributed by atoms with Crippen LogP contribution in [-0.4, -0.2) is 127 Å². The SMILES string of the molecule is CC1(C)CCCC2(C)c3c(c(OC4OC(CO)C(O)C(O)C4O)c(CO)c4c3C(OC3OC(CO)C(O)C(O)C3O)OC4=O)CCC12. The van der Waals surface area contributed by atoms with Crippen LogP contribution >= 0.6 is 0 Å². The number of cyclic esters (lactones) is 1. The Balaban J connectivity index is 1.50. The van der Waals surface area contributed by atoms with Gasteiger partial charge in [0.1, 0.15) is 54.6 Å². The van der Waals surface area contributed by atoms with Gasteiger partial charge in [0.05, 0.1) is 25.4 Å². The smallest absolute Gasteiger partial charge is 0.341 e. The summed E-state index contributed by atoms with van der Waals surface area (Å²) in [6.07, 6.45) is -13.8. The van der Waals surface area contributed by atoms with Gasteiger partial charge in [0, 0.05) is 11.1 Å². The number of hydrogen-bond donors (Lipinski definition) is 9. The number of carbonyl (C=O) groups excluding carboxylic acids is 1. The van der Waals surface area contributed by atoms with Crippen LogP contribution in [0.15, 0.2) is 0 Å². The van der Waals surface area contributed by atoms with Crippen molar-refractivity contribution in [2.24, 2.45) is 11.3 Å². The maximum absolute atomic E-state index is 13.7. The van der Waals surface area contributed by atoms with Crippen molar-refractivity contribution in [2.75, 3.05) is 13.2 Å². The second-order valence-corrected chi connectivity index (χ2v) is 14.3. The fraction of sp³-hybridized carbons (Fsp3) is 0.781. The number of aliphatic hydroxyl groups excluding tert-OH is 9. The average molecular weight is 671 g/mol. The number of ether oxygens (including phenoxy) is 5. The normalized spacial score (nSPS) is 42.7. The molecule has 264 valence electrons. The van der Waals surface area contributed by atoms with E-state index in [9.17, 15) is 50.8 Å². The molecule has 1 saturated carbocycles. The molecule has 15 heteroatoms. The topological polar surface area (TPSA) is 245 Å². The van der Waals surface area contributed by atoms with E-state index in [0.717, 1.165) is 12.8 Å². The molecule has 2 saturated heterocycles. The average Bonchev–Trinajstić information content (AvgIpc) is 3.35. The number of carbonyl (C=O) groups is 1. The summed E-state index contributed by atoms with van der Waals surface area (Å²) in [5.74, 6) is -0.732. The monoisotopic (exact) mass is 670 g/mol. The largest absolute Gasteiger partial charge is 0.461 e. The highest BCUT2D eigenvalue weighted by Gasteiger charge is 2.56. The highest BCUT2D eigenvalue weighted by atomic mass is 16.8. The van der Waals surface area contributed by atoms with Crippen LogP contribution in [0.1, 0.15) is 85.4 Å². The van der Waals surface area contributed by atoms with Gasteiger partial charge >= 0.3 is 5.97 Å². The summed E-state index contributed by atoms with van der Waals surface area (Å²) in [5.41, 5.74) is 0.769. The first-order valence-corrected chi connectivity index (χ1v) is 16.2. The molecule has 0 radical (unpaired) electrons. The van der Waals surface area contributed by atoms with E-state index in [1.165, 1.54) is 0 Å². The highest BCUT2D eigenvalue weighted by molar-refractivity contribution is 5.97. The molecule has 0 bridgehead atoms. The second-order valence-electron chi connectivity index (χ2n) is 14.3. The van der Waals surface area contributed by atoms with Crippen molar-refractivity contribution < 1.29 is 74.4 Å². The molecule has 1 aromatic carbocycles. The zero-order valence-electron chi connectivity index (χ0n) is 26.6. The van der Waals surface area contributed by atoms with Gasteiger partial charge in [0.15, 0.2) is 6.29 Å². The third kappa shape index (κ3) is 5.48. The molecule has 13 atom stereocenters. The van der Waals surface area contributed by atoms with Gasteiger partial charge in [-0.15, -0.1) is 0 Å². The van der Waals surface area contributed by atoms with E-state index in [4.69, 9.17) is 23.7 Å². The van der Waals surface area contributed by atoms with Crippen molar-refractivity contribution >= 4 is 5.97 Å². The summed E-state index contributed by atoms with van der Waals surface area (Å²) in [6.45, 7) is 4.37. The minimum absolute atomic E-state index is 0.00210. The molecule has 1 aromatic rings. The molecule has 3 fully saturated rings. The molecule has 9 N–H and O–H groups in total. The zero-order chi connectivity index (χ0) is 34.2. The van der Waals surface area contributed by atoms with Crippen molar-refractivity contribution in [1.82, 2.24) is 0 Å². The van der Waals surface area contributed by atoms with Gasteiger partial charge in [0.25, 0.3) is 0 Å². The number of esters is 1. The molecular weight excluding hydrogens is 624 g/mol. The van der Waals surface area contributed by atoms with E-state index in [-0.39, 0.29) is 33.8 Å². The number of benzene rings is 1. The summed E-state index contributed by atoms with van der Waals surface area (Å²) in [7, 11) is 0. The molecule has 15 nitrogen and oxygen atoms in total. The molecule has 0 spiro atoms. The lowest BCUT2D eigenvalue weighted by atomic mass is 9.49. The standard InChI is InChI=1S/C32H46O15/c1-31(2)7-4-8-32(3)16(31)6-5-12-19(32)18-17(13(9-33)26(12)45-29-24(40)22(38)20(36)14(10-34)43-29)27(42)46-28(18)47-30-25(41)23(39)21(37)15(11-35)44-30/h14-16,20-25,28-30,33-41H,4-11H2,1-3H3. The van der Waals surface area contributed by atoms with Crippen LogP contribution in [0.5, 0.6) is 5.75 Å². The molecule has 5 aliphatic rings. The van der Waals surface area contributed by atoms with Gasteiger partial charge in [-0.05, 0) is 53.6 Å². The van der Waals surface area contributed by atoms with Crippen molar-refractivity contribution in [3.63, 3.8) is 0 Å². The first-order chi connectivity index (χ1) is 22.2. The van der Waals surface area contributed by atoms with E-state index in [2.05, 4.69) is 20.8 Å². The van der Waals surface area contributed by atoms with E-state index in [1.807, 2.05) is 0 Å². The lowest BCUT2D eigenvalue weighted by Gasteiger charge is -2.55. The second kappa shape index (κ2) is 12.7. The van der Waals surface area contributed by atoms with Gasteiger partial charge in [0.2, 0.25) is 12.6 Å². The van der Waals surface area contributed by atoms with E-state index in [0.29, 0.717) is 30.4 Å². The number of fused-ring (bicyclic) bond motifs is 5. The quantitative estimate of drug-likeness (QED) is 0.148. The Morgan fingerprint density at radius 3 is 2.00 bits per heavy atom. The van der Waals surface area contributed by atoms with Crippen molar-refractivity contribution in [3.8, 4) is 5.75 Å². The number of rotatable bonds is 7. The Bertz CT molecular complexity index is 1350.